The van der Waals surface area contributed by atoms with Crippen LogP contribution in [-0.2, 0) is 0 Å². The molecular formula is C17H20Cl2N2S. The van der Waals surface area contributed by atoms with E-state index in [1.54, 1.807) is 11.8 Å². The number of allylic oxidation sites excluding steroid dienone is 2. The molecule has 1 aromatic rings. The first-order valence-corrected chi connectivity index (χ1v) is 8.92. The standard InChI is InChI=1S/C17H20Cl2N2S/c1-13(20(2)3)12-21-14-8-4-5-9-15(14)22-17(19)11-7-6-10-16(17,21)18/h4-11,13H,12H2,1-3H3. The van der Waals surface area contributed by atoms with E-state index in [1.165, 1.54) is 4.90 Å². The molecule has 3 rings (SSSR count). The van der Waals surface area contributed by atoms with Gasteiger partial charge in [0.15, 0.2) is 9.20 Å². The van der Waals surface area contributed by atoms with Crippen LogP contribution in [0, 0.1) is 0 Å². The molecule has 0 N–H and O–H groups in total. The van der Waals surface area contributed by atoms with Gasteiger partial charge in [-0.1, -0.05) is 59.2 Å². The number of fused-ring (bicyclic) bond motifs is 2. The number of halogens is 2. The first-order valence-electron chi connectivity index (χ1n) is 7.34. The molecule has 0 bridgehead atoms. The van der Waals surface area contributed by atoms with Crippen molar-refractivity contribution in [3.8, 4) is 0 Å². The Labute approximate surface area is 146 Å². The van der Waals surface area contributed by atoms with Gasteiger partial charge in [0.25, 0.3) is 0 Å². The van der Waals surface area contributed by atoms with Crippen LogP contribution in [0.5, 0.6) is 0 Å². The van der Waals surface area contributed by atoms with E-state index >= 15 is 0 Å². The Morgan fingerprint density at radius 1 is 1.18 bits per heavy atom. The maximum absolute atomic E-state index is 7.08. The molecule has 1 aromatic carbocycles. The van der Waals surface area contributed by atoms with Crippen LogP contribution in [0.4, 0.5) is 5.69 Å². The second-order valence-corrected chi connectivity index (χ2v) is 8.71. The molecule has 2 nitrogen and oxygen atoms in total. The number of rotatable bonds is 3. The number of anilines is 1. The summed E-state index contributed by atoms with van der Waals surface area (Å²) in [5, 5.41) is 0. The van der Waals surface area contributed by atoms with E-state index in [4.69, 9.17) is 23.2 Å². The molecular weight excluding hydrogens is 335 g/mol. The highest BCUT2D eigenvalue weighted by molar-refractivity contribution is 8.02. The number of para-hydroxylation sites is 1. The first-order chi connectivity index (χ1) is 10.4. The number of likely N-dealkylation sites (N-methyl/N-ethyl adjacent to an activating group) is 1. The lowest BCUT2D eigenvalue weighted by atomic mass is 10.0. The zero-order valence-electron chi connectivity index (χ0n) is 13.0. The van der Waals surface area contributed by atoms with Crippen LogP contribution < -0.4 is 4.90 Å². The Hall–Kier alpha value is -0.610. The van der Waals surface area contributed by atoms with Crippen molar-refractivity contribution in [1.29, 1.82) is 0 Å². The van der Waals surface area contributed by atoms with Gasteiger partial charge < -0.3 is 9.80 Å². The maximum Gasteiger partial charge on any atom is 0.166 e. The smallest absolute Gasteiger partial charge is 0.166 e. The van der Waals surface area contributed by atoms with E-state index in [0.717, 1.165) is 12.2 Å². The van der Waals surface area contributed by atoms with Gasteiger partial charge >= 0.3 is 0 Å². The van der Waals surface area contributed by atoms with E-state index in [2.05, 4.69) is 49.0 Å². The second kappa shape index (κ2) is 5.79. The Morgan fingerprint density at radius 3 is 2.59 bits per heavy atom. The lowest BCUT2D eigenvalue weighted by Gasteiger charge is -2.53. The molecule has 0 spiro atoms. The molecule has 2 aliphatic rings. The molecule has 0 amide bonds. The van der Waals surface area contributed by atoms with E-state index in [-0.39, 0.29) is 0 Å². The number of hydrogen-bond acceptors (Lipinski definition) is 3. The average Bonchev–Trinajstić information content (AvgIpc) is 2.48. The van der Waals surface area contributed by atoms with Gasteiger partial charge in [-0.3, -0.25) is 0 Å². The molecule has 3 unspecified atom stereocenters. The van der Waals surface area contributed by atoms with Gasteiger partial charge in [0, 0.05) is 17.5 Å². The van der Waals surface area contributed by atoms with Crippen molar-refractivity contribution in [3.05, 3.63) is 48.6 Å². The normalized spacial score (nSPS) is 31.1. The van der Waals surface area contributed by atoms with Crippen molar-refractivity contribution in [1.82, 2.24) is 4.90 Å². The average molecular weight is 355 g/mol. The van der Waals surface area contributed by atoms with Crippen LogP contribution in [-0.4, -0.2) is 40.8 Å². The summed E-state index contributed by atoms with van der Waals surface area (Å²) in [6.45, 7) is 3.00. The summed E-state index contributed by atoms with van der Waals surface area (Å²) in [6.07, 6.45) is 7.96. The zero-order chi connectivity index (χ0) is 16.0. The Balaban J connectivity index is 2.10. The zero-order valence-corrected chi connectivity index (χ0v) is 15.3. The summed E-state index contributed by atoms with van der Waals surface area (Å²) in [6, 6.07) is 8.68. The monoisotopic (exact) mass is 354 g/mol. The molecule has 5 heteroatoms. The first kappa shape index (κ1) is 16.3. The third kappa shape index (κ3) is 2.48. The van der Waals surface area contributed by atoms with Crippen LogP contribution in [0.2, 0.25) is 0 Å². The fraction of sp³-hybridized carbons (Fsp3) is 0.412. The van der Waals surface area contributed by atoms with Crippen LogP contribution in [0.3, 0.4) is 0 Å². The van der Waals surface area contributed by atoms with Gasteiger partial charge in [-0.25, -0.2) is 0 Å². The van der Waals surface area contributed by atoms with Crippen LogP contribution in [0.15, 0.2) is 53.5 Å². The number of benzene rings is 1. The molecule has 0 saturated carbocycles. The number of hydrogen-bond donors (Lipinski definition) is 0. The highest BCUT2D eigenvalue weighted by Gasteiger charge is 2.55. The highest BCUT2D eigenvalue weighted by atomic mass is 35.5. The minimum absolute atomic E-state index is 0.354. The van der Waals surface area contributed by atoms with E-state index in [9.17, 15) is 0 Å². The lowest BCUT2D eigenvalue weighted by molar-refractivity contribution is 0.307. The van der Waals surface area contributed by atoms with Gasteiger partial charge in [0.2, 0.25) is 0 Å². The van der Waals surface area contributed by atoms with Gasteiger partial charge in [-0.2, -0.15) is 0 Å². The number of thioether (sulfide) groups is 1. The van der Waals surface area contributed by atoms with Gasteiger partial charge in [0.05, 0.1) is 5.69 Å². The molecule has 1 aliphatic heterocycles. The Bertz CT molecular complexity index is 631. The summed E-state index contributed by atoms with van der Waals surface area (Å²) in [5.74, 6) is 0. The van der Waals surface area contributed by atoms with Gasteiger partial charge in [0.1, 0.15) is 0 Å². The summed E-state index contributed by atoms with van der Waals surface area (Å²) in [4.78, 5) is 4.83. The fourth-order valence-electron chi connectivity index (χ4n) is 2.73. The number of alkyl halides is 2. The summed E-state index contributed by atoms with van der Waals surface area (Å²) in [7, 11) is 4.17. The Kier molecular flexibility index (Phi) is 4.28. The SMILES string of the molecule is CC(CN1c2ccccc2SC2(Cl)C=CC=CC12Cl)N(C)C. The van der Waals surface area contributed by atoms with Gasteiger partial charge in [-0.15, -0.1) is 0 Å². The van der Waals surface area contributed by atoms with Crippen LogP contribution in [0.1, 0.15) is 6.92 Å². The van der Waals surface area contributed by atoms with E-state index in [1.807, 2.05) is 30.4 Å². The molecule has 0 aromatic heterocycles. The molecule has 3 atom stereocenters. The van der Waals surface area contributed by atoms with Gasteiger partial charge in [-0.05, 0) is 45.3 Å². The predicted molar refractivity (Wildman–Crippen MR) is 98.2 cm³/mol. The predicted octanol–water partition coefficient (Wildman–Crippen LogP) is 4.55. The summed E-state index contributed by atoms with van der Waals surface area (Å²) in [5.41, 5.74) is 1.15. The Morgan fingerprint density at radius 2 is 1.86 bits per heavy atom. The minimum Gasteiger partial charge on any atom is -0.345 e. The molecule has 0 radical (unpaired) electrons. The van der Waals surface area contributed by atoms with Crippen molar-refractivity contribution in [3.63, 3.8) is 0 Å². The number of nitrogens with zero attached hydrogens (tertiary/aromatic N) is 2. The second-order valence-electron chi connectivity index (χ2n) is 6.03. The quantitative estimate of drug-likeness (QED) is 0.580. The molecule has 118 valence electrons. The maximum atomic E-state index is 7.08. The topological polar surface area (TPSA) is 6.48 Å². The summed E-state index contributed by atoms with van der Waals surface area (Å²) >= 11 is 15.6. The van der Waals surface area contributed by atoms with E-state index < -0.39 is 9.20 Å². The van der Waals surface area contributed by atoms with Crippen molar-refractivity contribution in [2.75, 3.05) is 25.5 Å². The van der Waals surface area contributed by atoms with Crippen molar-refractivity contribution >= 4 is 40.7 Å². The highest BCUT2D eigenvalue weighted by Crippen LogP contribution is 2.59. The summed E-state index contributed by atoms with van der Waals surface area (Å²) < 4.78 is -0.705. The van der Waals surface area contributed by atoms with Crippen LogP contribution in [0.25, 0.3) is 0 Å². The third-order valence-corrected chi connectivity index (χ3v) is 7.14. The lowest BCUT2D eigenvalue weighted by Crippen LogP contribution is -2.60. The molecule has 0 saturated heterocycles. The van der Waals surface area contributed by atoms with Crippen LogP contribution >= 0.6 is 35.0 Å². The molecule has 1 aliphatic carbocycles. The van der Waals surface area contributed by atoms with Crippen molar-refractivity contribution in [2.45, 2.75) is 27.1 Å². The minimum atomic E-state index is -0.771. The fourth-order valence-corrected chi connectivity index (χ4v) is 4.85. The van der Waals surface area contributed by atoms with Crippen molar-refractivity contribution in [2.24, 2.45) is 0 Å². The molecule has 0 fully saturated rings. The van der Waals surface area contributed by atoms with Crippen molar-refractivity contribution < 1.29 is 0 Å². The molecule has 1 heterocycles. The largest absolute Gasteiger partial charge is 0.345 e. The van der Waals surface area contributed by atoms with E-state index in [0.29, 0.717) is 6.04 Å². The molecule has 22 heavy (non-hydrogen) atoms. The third-order valence-electron chi connectivity index (χ3n) is 4.35.